The fraction of sp³-hybridized carbons (Fsp3) is 0.286. The van der Waals surface area contributed by atoms with E-state index in [0.29, 0.717) is 12.1 Å². The molecule has 90 valence electrons. The Kier molecular flexibility index (Phi) is 4.37. The van der Waals surface area contributed by atoms with Gasteiger partial charge in [-0.3, -0.25) is 0 Å². The Morgan fingerprint density at radius 2 is 1.94 bits per heavy atom. The number of hydrogen-bond acceptors (Lipinski definition) is 2. The highest BCUT2D eigenvalue weighted by Gasteiger charge is 2.11. The zero-order chi connectivity index (χ0) is 12.3. The maximum Gasteiger partial charge on any atom is 0.0391 e. The molecule has 0 aliphatic carbocycles. The molecule has 0 aliphatic heterocycles. The molecule has 17 heavy (non-hydrogen) atoms. The molecule has 1 aromatic carbocycles. The summed E-state index contributed by atoms with van der Waals surface area (Å²) in [4.78, 5) is 1.38. The van der Waals surface area contributed by atoms with Gasteiger partial charge in [-0.15, -0.1) is 11.3 Å². The van der Waals surface area contributed by atoms with Gasteiger partial charge in [-0.2, -0.15) is 0 Å². The predicted molar refractivity (Wildman–Crippen MR) is 78.4 cm³/mol. The number of rotatable bonds is 4. The van der Waals surface area contributed by atoms with Crippen molar-refractivity contribution in [2.75, 3.05) is 0 Å². The van der Waals surface area contributed by atoms with E-state index in [1.807, 2.05) is 0 Å². The van der Waals surface area contributed by atoms with Crippen molar-refractivity contribution in [1.29, 1.82) is 0 Å². The summed E-state index contributed by atoms with van der Waals surface area (Å²) in [6.07, 6.45) is 0. The van der Waals surface area contributed by atoms with Gasteiger partial charge in [0.2, 0.25) is 0 Å². The number of thiophene rings is 1. The minimum Gasteiger partial charge on any atom is -0.303 e. The Morgan fingerprint density at radius 3 is 2.59 bits per heavy atom. The van der Waals surface area contributed by atoms with E-state index < -0.39 is 0 Å². The number of benzene rings is 1. The van der Waals surface area contributed by atoms with Crippen LogP contribution in [0.25, 0.3) is 0 Å². The first-order valence-corrected chi connectivity index (χ1v) is 7.39. The molecule has 2 aromatic rings. The van der Waals surface area contributed by atoms with Gasteiger partial charge in [0.15, 0.2) is 0 Å². The van der Waals surface area contributed by atoms with Crippen LogP contribution in [0, 0.1) is 0 Å². The van der Waals surface area contributed by atoms with Crippen LogP contribution in [0.4, 0.5) is 0 Å². The number of halogens is 1. The van der Waals surface area contributed by atoms with Gasteiger partial charge in [-0.25, -0.2) is 0 Å². The molecule has 0 amide bonds. The maximum atomic E-state index is 3.62. The average molecular weight is 310 g/mol. The van der Waals surface area contributed by atoms with Crippen LogP contribution in [-0.4, -0.2) is 0 Å². The van der Waals surface area contributed by atoms with Gasteiger partial charge in [-0.1, -0.05) is 34.1 Å². The Bertz CT molecular complexity index is 467. The lowest BCUT2D eigenvalue weighted by Gasteiger charge is -2.19. The minimum absolute atomic E-state index is 0.351. The van der Waals surface area contributed by atoms with Crippen molar-refractivity contribution in [3.05, 3.63) is 56.7 Å². The van der Waals surface area contributed by atoms with Crippen molar-refractivity contribution >= 4 is 27.3 Å². The molecule has 0 bridgehead atoms. The van der Waals surface area contributed by atoms with Crippen LogP contribution in [0.5, 0.6) is 0 Å². The van der Waals surface area contributed by atoms with E-state index in [9.17, 15) is 0 Å². The summed E-state index contributed by atoms with van der Waals surface area (Å²) >= 11 is 5.31. The van der Waals surface area contributed by atoms with Crippen molar-refractivity contribution < 1.29 is 0 Å². The SMILES string of the molecule is CC(NC(C)c1cccs1)c1cccc(Br)c1. The van der Waals surface area contributed by atoms with Crippen LogP contribution in [0.15, 0.2) is 46.3 Å². The Labute approximate surface area is 115 Å². The van der Waals surface area contributed by atoms with Crippen LogP contribution < -0.4 is 5.32 Å². The number of hydrogen-bond donors (Lipinski definition) is 1. The molecule has 0 radical (unpaired) electrons. The first-order valence-electron chi connectivity index (χ1n) is 5.71. The second-order valence-electron chi connectivity index (χ2n) is 4.18. The first-order chi connectivity index (χ1) is 8.16. The topological polar surface area (TPSA) is 12.0 Å². The Morgan fingerprint density at radius 1 is 1.12 bits per heavy atom. The summed E-state index contributed by atoms with van der Waals surface area (Å²) < 4.78 is 1.13. The van der Waals surface area contributed by atoms with Gasteiger partial charge in [0.05, 0.1) is 0 Å². The quantitative estimate of drug-likeness (QED) is 0.845. The molecule has 2 atom stereocenters. The van der Waals surface area contributed by atoms with E-state index in [0.717, 1.165) is 4.47 Å². The fourth-order valence-corrected chi connectivity index (χ4v) is 3.03. The van der Waals surface area contributed by atoms with Crippen LogP contribution in [0.2, 0.25) is 0 Å². The molecular formula is C14H16BrNS. The van der Waals surface area contributed by atoms with E-state index >= 15 is 0 Å². The predicted octanol–water partition coefficient (Wildman–Crippen LogP) is 4.92. The molecule has 0 fully saturated rings. The first kappa shape index (κ1) is 12.8. The Hall–Kier alpha value is -0.640. The molecule has 0 saturated heterocycles. The van der Waals surface area contributed by atoms with E-state index in [4.69, 9.17) is 0 Å². The van der Waals surface area contributed by atoms with E-state index in [-0.39, 0.29) is 0 Å². The summed E-state index contributed by atoms with van der Waals surface area (Å²) in [6, 6.07) is 13.5. The molecule has 1 nitrogen and oxygen atoms in total. The normalized spacial score (nSPS) is 14.5. The molecular weight excluding hydrogens is 294 g/mol. The monoisotopic (exact) mass is 309 g/mol. The van der Waals surface area contributed by atoms with Gasteiger partial charge < -0.3 is 5.32 Å². The summed E-state index contributed by atoms with van der Waals surface area (Å²) in [6.45, 7) is 4.41. The van der Waals surface area contributed by atoms with E-state index in [1.165, 1.54) is 10.4 Å². The molecule has 1 aromatic heterocycles. The molecule has 2 rings (SSSR count). The standard InChI is InChI=1S/C14H16BrNS/c1-10(12-5-3-6-13(15)9-12)16-11(2)14-7-4-8-17-14/h3-11,16H,1-2H3. The Balaban J connectivity index is 2.04. The van der Waals surface area contributed by atoms with Crippen LogP contribution >= 0.6 is 27.3 Å². The largest absolute Gasteiger partial charge is 0.303 e. The molecule has 0 saturated carbocycles. The van der Waals surface area contributed by atoms with Crippen molar-refractivity contribution in [3.63, 3.8) is 0 Å². The maximum absolute atomic E-state index is 3.62. The van der Waals surface area contributed by atoms with Crippen LogP contribution in [-0.2, 0) is 0 Å². The van der Waals surface area contributed by atoms with Gasteiger partial charge in [0, 0.05) is 21.4 Å². The lowest BCUT2D eigenvalue weighted by Crippen LogP contribution is -2.21. The van der Waals surface area contributed by atoms with Crippen molar-refractivity contribution in [2.24, 2.45) is 0 Å². The zero-order valence-corrected chi connectivity index (χ0v) is 12.4. The highest BCUT2D eigenvalue weighted by atomic mass is 79.9. The third-order valence-corrected chi connectivity index (χ3v) is 4.37. The molecule has 1 N–H and O–H groups in total. The summed E-state index contributed by atoms with van der Waals surface area (Å²) in [5.74, 6) is 0. The third kappa shape index (κ3) is 3.41. The van der Waals surface area contributed by atoms with Crippen molar-refractivity contribution in [2.45, 2.75) is 25.9 Å². The van der Waals surface area contributed by atoms with E-state index in [1.54, 1.807) is 11.3 Å². The third-order valence-electron chi connectivity index (χ3n) is 2.82. The van der Waals surface area contributed by atoms with Crippen molar-refractivity contribution in [1.82, 2.24) is 5.32 Å². The molecule has 0 spiro atoms. The zero-order valence-electron chi connectivity index (χ0n) is 9.98. The molecule has 0 aliphatic rings. The molecule has 2 unspecified atom stereocenters. The second kappa shape index (κ2) is 5.80. The molecule has 1 heterocycles. The lowest BCUT2D eigenvalue weighted by atomic mass is 10.1. The van der Waals surface area contributed by atoms with Crippen LogP contribution in [0.3, 0.4) is 0 Å². The van der Waals surface area contributed by atoms with Crippen molar-refractivity contribution in [3.8, 4) is 0 Å². The second-order valence-corrected chi connectivity index (χ2v) is 6.08. The summed E-state index contributed by atoms with van der Waals surface area (Å²) in [5.41, 5.74) is 1.31. The lowest BCUT2D eigenvalue weighted by molar-refractivity contribution is 0.500. The van der Waals surface area contributed by atoms with Gasteiger partial charge in [0.25, 0.3) is 0 Å². The van der Waals surface area contributed by atoms with Gasteiger partial charge >= 0.3 is 0 Å². The van der Waals surface area contributed by atoms with Crippen LogP contribution in [0.1, 0.15) is 36.4 Å². The number of nitrogens with one attached hydrogen (secondary N) is 1. The van der Waals surface area contributed by atoms with Gasteiger partial charge in [-0.05, 0) is 43.0 Å². The van der Waals surface area contributed by atoms with Gasteiger partial charge in [0.1, 0.15) is 0 Å². The minimum atomic E-state index is 0.351. The summed E-state index contributed by atoms with van der Waals surface area (Å²) in [7, 11) is 0. The fourth-order valence-electron chi connectivity index (χ4n) is 1.87. The average Bonchev–Trinajstić information content (AvgIpc) is 2.82. The molecule has 3 heteroatoms. The summed E-state index contributed by atoms with van der Waals surface area (Å²) in [5, 5.41) is 5.74. The van der Waals surface area contributed by atoms with E-state index in [2.05, 4.69) is 76.9 Å². The smallest absolute Gasteiger partial charge is 0.0391 e. The highest BCUT2D eigenvalue weighted by molar-refractivity contribution is 9.10. The highest BCUT2D eigenvalue weighted by Crippen LogP contribution is 2.23.